The molecule has 0 fully saturated rings. The van der Waals surface area contributed by atoms with Crippen molar-refractivity contribution in [2.45, 2.75) is 25.5 Å². The van der Waals surface area contributed by atoms with E-state index in [-0.39, 0.29) is 24.7 Å². The van der Waals surface area contributed by atoms with Crippen LogP contribution < -0.4 is 14.8 Å². The quantitative estimate of drug-likeness (QED) is 0.564. The lowest BCUT2D eigenvalue weighted by molar-refractivity contribution is -0.274. The average molecular weight is 471 g/mol. The number of methoxy groups -OCH3 is 1. The SMILES string of the molecule is COc1ncccc1CN1C(=O)c2ccccc2C1C(=O)NCc1ccc(OC(F)(F)F)cc1. The summed E-state index contributed by atoms with van der Waals surface area (Å²) in [6, 6.07) is 14.6. The first-order chi connectivity index (χ1) is 16.3. The second-order valence-electron chi connectivity index (χ2n) is 7.50. The van der Waals surface area contributed by atoms with Gasteiger partial charge in [0.25, 0.3) is 5.91 Å². The Labute approximate surface area is 193 Å². The van der Waals surface area contributed by atoms with Gasteiger partial charge < -0.3 is 19.7 Å². The van der Waals surface area contributed by atoms with Gasteiger partial charge in [0.05, 0.1) is 13.7 Å². The Morgan fingerprint density at radius 2 is 1.82 bits per heavy atom. The summed E-state index contributed by atoms with van der Waals surface area (Å²) < 4.78 is 46.2. The van der Waals surface area contributed by atoms with Gasteiger partial charge in [0.2, 0.25) is 11.8 Å². The minimum absolute atomic E-state index is 0.0576. The third-order valence-corrected chi connectivity index (χ3v) is 5.31. The number of ether oxygens (including phenoxy) is 2. The molecule has 2 heterocycles. The van der Waals surface area contributed by atoms with E-state index in [1.807, 2.05) is 0 Å². The lowest BCUT2D eigenvalue weighted by Gasteiger charge is -2.25. The fourth-order valence-electron chi connectivity index (χ4n) is 3.82. The van der Waals surface area contributed by atoms with Crippen LogP contribution in [0.3, 0.4) is 0 Å². The van der Waals surface area contributed by atoms with E-state index >= 15 is 0 Å². The number of benzene rings is 2. The minimum atomic E-state index is -4.78. The molecule has 1 unspecified atom stereocenters. The Bertz CT molecular complexity index is 1200. The van der Waals surface area contributed by atoms with Crippen molar-refractivity contribution in [1.82, 2.24) is 15.2 Å². The van der Waals surface area contributed by atoms with E-state index in [0.717, 1.165) is 0 Å². The van der Waals surface area contributed by atoms with Crippen LogP contribution >= 0.6 is 0 Å². The highest BCUT2D eigenvalue weighted by Gasteiger charge is 2.41. The number of hydrogen-bond donors (Lipinski definition) is 1. The molecule has 0 aliphatic carbocycles. The number of aromatic nitrogens is 1. The van der Waals surface area contributed by atoms with Gasteiger partial charge in [-0.25, -0.2) is 4.98 Å². The highest BCUT2D eigenvalue weighted by atomic mass is 19.4. The molecular weight excluding hydrogens is 451 g/mol. The van der Waals surface area contributed by atoms with E-state index in [9.17, 15) is 22.8 Å². The zero-order valence-corrected chi connectivity index (χ0v) is 18.0. The smallest absolute Gasteiger partial charge is 0.481 e. The third-order valence-electron chi connectivity index (χ3n) is 5.31. The lowest BCUT2D eigenvalue weighted by Crippen LogP contribution is -2.38. The number of alkyl halides is 3. The summed E-state index contributed by atoms with van der Waals surface area (Å²) in [6.07, 6.45) is -3.21. The molecule has 0 spiro atoms. The normalized spacial score (nSPS) is 15.1. The van der Waals surface area contributed by atoms with Gasteiger partial charge in [0.1, 0.15) is 11.8 Å². The summed E-state index contributed by atoms with van der Waals surface area (Å²) in [7, 11) is 1.47. The van der Waals surface area contributed by atoms with E-state index in [0.29, 0.717) is 28.1 Å². The zero-order chi connectivity index (χ0) is 24.3. The van der Waals surface area contributed by atoms with Crippen LogP contribution in [0, 0.1) is 0 Å². The first kappa shape index (κ1) is 23.1. The Kier molecular flexibility index (Phi) is 6.40. The molecule has 4 rings (SSSR count). The third kappa shape index (κ3) is 4.95. The number of fused-ring (bicyclic) bond motifs is 1. The molecule has 0 saturated carbocycles. The van der Waals surface area contributed by atoms with E-state index in [4.69, 9.17) is 4.74 Å². The van der Waals surface area contributed by atoms with E-state index < -0.39 is 18.3 Å². The number of carbonyl (C=O) groups excluding carboxylic acids is 2. The van der Waals surface area contributed by atoms with Gasteiger partial charge >= 0.3 is 6.36 Å². The van der Waals surface area contributed by atoms with Crippen molar-refractivity contribution in [2.24, 2.45) is 0 Å². The van der Waals surface area contributed by atoms with E-state index in [1.165, 1.54) is 36.3 Å². The summed E-state index contributed by atoms with van der Waals surface area (Å²) in [5, 5.41) is 2.77. The van der Waals surface area contributed by atoms with Gasteiger partial charge in [-0.05, 0) is 35.4 Å². The number of rotatable bonds is 7. The number of carbonyl (C=O) groups is 2. The minimum Gasteiger partial charge on any atom is -0.481 e. The van der Waals surface area contributed by atoms with Crippen LogP contribution in [-0.2, 0) is 17.9 Å². The lowest BCUT2D eigenvalue weighted by atomic mass is 10.0. The maximum Gasteiger partial charge on any atom is 0.573 e. The Morgan fingerprint density at radius 3 is 2.53 bits per heavy atom. The zero-order valence-electron chi connectivity index (χ0n) is 18.0. The maximum absolute atomic E-state index is 13.2. The molecule has 34 heavy (non-hydrogen) atoms. The second kappa shape index (κ2) is 9.42. The van der Waals surface area contributed by atoms with Crippen LogP contribution in [0.25, 0.3) is 0 Å². The topological polar surface area (TPSA) is 80.8 Å². The van der Waals surface area contributed by atoms with Crippen molar-refractivity contribution in [3.05, 3.63) is 89.1 Å². The van der Waals surface area contributed by atoms with Crippen molar-refractivity contribution in [3.63, 3.8) is 0 Å². The summed E-state index contributed by atoms with van der Waals surface area (Å²) in [5.41, 5.74) is 2.21. The van der Waals surface area contributed by atoms with Gasteiger partial charge in [-0.15, -0.1) is 13.2 Å². The molecule has 2 aromatic carbocycles. The number of hydrogen-bond acceptors (Lipinski definition) is 5. The van der Waals surface area contributed by atoms with Crippen molar-refractivity contribution in [3.8, 4) is 11.6 Å². The molecule has 0 saturated heterocycles. The molecule has 0 bridgehead atoms. The molecule has 10 heteroatoms. The standard InChI is InChI=1S/C24H20F3N3O4/c1-33-22-16(5-4-12-28-22)14-30-20(18-6-2-3-7-19(18)23(30)32)21(31)29-13-15-8-10-17(11-9-15)34-24(25,26)27/h2-12,20H,13-14H2,1H3,(H,29,31). The van der Waals surface area contributed by atoms with Crippen LogP contribution in [0.5, 0.6) is 11.6 Å². The molecule has 7 nitrogen and oxygen atoms in total. The predicted molar refractivity (Wildman–Crippen MR) is 115 cm³/mol. The summed E-state index contributed by atoms with van der Waals surface area (Å²) in [4.78, 5) is 31.9. The number of nitrogens with one attached hydrogen (secondary N) is 1. The molecule has 1 aromatic heterocycles. The van der Waals surface area contributed by atoms with Crippen molar-refractivity contribution < 1.29 is 32.2 Å². The van der Waals surface area contributed by atoms with Gasteiger partial charge in [0.15, 0.2) is 0 Å². The van der Waals surface area contributed by atoms with E-state index in [2.05, 4.69) is 15.0 Å². The number of halogens is 3. The molecule has 1 aliphatic rings. The molecule has 2 amide bonds. The molecular formula is C24H20F3N3O4. The highest BCUT2D eigenvalue weighted by molar-refractivity contribution is 6.04. The summed E-state index contributed by atoms with van der Waals surface area (Å²) >= 11 is 0. The number of amides is 2. The van der Waals surface area contributed by atoms with E-state index in [1.54, 1.807) is 42.6 Å². The second-order valence-corrected chi connectivity index (χ2v) is 7.50. The van der Waals surface area contributed by atoms with Gasteiger partial charge in [-0.2, -0.15) is 0 Å². The van der Waals surface area contributed by atoms with Crippen LogP contribution in [0.4, 0.5) is 13.2 Å². The Balaban J connectivity index is 1.52. The fraction of sp³-hybridized carbons (Fsp3) is 0.208. The molecule has 3 aromatic rings. The van der Waals surface area contributed by atoms with Crippen molar-refractivity contribution >= 4 is 11.8 Å². The molecule has 176 valence electrons. The fourth-order valence-corrected chi connectivity index (χ4v) is 3.82. The number of nitrogens with zero attached hydrogens (tertiary/aromatic N) is 2. The average Bonchev–Trinajstić information content (AvgIpc) is 3.09. The predicted octanol–water partition coefficient (Wildman–Crippen LogP) is 4.00. The van der Waals surface area contributed by atoms with Gasteiger partial charge in [0, 0.05) is 23.9 Å². The molecule has 0 radical (unpaired) electrons. The Morgan fingerprint density at radius 1 is 1.09 bits per heavy atom. The monoisotopic (exact) mass is 471 g/mol. The first-order valence-electron chi connectivity index (χ1n) is 10.3. The molecule has 1 atom stereocenters. The first-order valence-corrected chi connectivity index (χ1v) is 10.3. The largest absolute Gasteiger partial charge is 0.573 e. The summed E-state index contributed by atoms with van der Waals surface area (Å²) in [6.45, 7) is 0.161. The van der Waals surface area contributed by atoms with Crippen LogP contribution in [0.1, 0.15) is 33.1 Å². The van der Waals surface area contributed by atoms with Gasteiger partial charge in [-0.3, -0.25) is 9.59 Å². The summed E-state index contributed by atoms with van der Waals surface area (Å²) in [5.74, 6) is -0.715. The van der Waals surface area contributed by atoms with Crippen LogP contribution in [0.15, 0.2) is 66.9 Å². The maximum atomic E-state index is 13.2. The van der Waals surface area contributed by atoms with Gasteiger partial charge in [-0.1, -0.05) is 36.4 Å². The molecule has 1 N–H and O–H groups in total. The number of pyridine rings is 1. The molecule has 1 aliphatic heterocycles. The van der Waals surface area contributed by atoms with Crippen molar-refractivity contribution in [2.75, 3.05) is 7.11 Å². The van der Waals surface area contributed by atoms with Crippen LogP contribution in [-0.4, -0.2) is 35.2 Å². The van der Waals surface area contributed by atoms with Crippen LogP contribution in [0.2, 0.25) is 0 Å². The van der Waals surface area contributed by atoms with Crippen molar-refractivity contribution in [1.29, 1.82) is 0 Å². The highest BCUT2D eigenvalue weighted by Crippen LogP contribution is 2.36. The Hall–Kier alpha value is -4.08.